The van der Waals surface area contributed by atoms with Crippen molar-refractivity contribution >= 4 is 11.7 Å². The lowest BCUT2D eigenvalue weighted by Crippen LogP contribution is -2.19. The fourth-order valence-corrected chi connectivity index (χ4v) is 1.81. The normalized spacial score (nSPS) is 10.1. The zero-order valence-corrected chi connectivity index (χ0v) is 10.1. The Morgan fingerprint density at radius 1 is 1.28 bits per heavy atom. The van der Waals surface area contributed by atoms with Crippen LogP contribution in [0.1, 0.15) is 15.9 Å². The highest BCUT2D eigenvalue weighted by molar-refractivity contribution is 5.94. The van der Waals surface area contributed by atoms with Gasteiger partial charge in [0.05, 0.1) is 17.4 Å². The number of carboxylic acids is 1. The first-order chi connectivity index (χ1) is 8.68. The first-order valence-corrected chi connectivity index (χ1v) is 5.61. The Labute approximate surface area is 106 Å². The van der Waals surface area contributed by atoms with E-state index in [0.717, 1.165) is 5.56 Å². The molecule has 0 fully saturated rings. The van der Waals surface area contributed by atoms with Gasteiger partial charge in [0.15, 0.2) is 0 Å². The molecule has 0 saturated carbocycles. The zero-order valence-electron chi connectivity index (χ0n) is 10.1. The van der Waals surface area contributed by atoms with Gasteiger partial charge in [0.25, 0.3) is 0 Å². The van der Waals surface area contributed by atoms with E-state index in [2.05, 4.69) is 4.98 Å². The average molecular weight is 242 g/mol. The minimum atomic E-state index is -0.938. The van der Waals surface area contributed by atoms with Gasteiger partial charge in [-0.25, -0.2) is 4.79 Å². The SMILES string of the molecule is CN(Cc1ccccc1)c1cnccc1C(=O)O. The van der Waals surface area contributed by atoms with Crippen LogP contribution in [0, 0.1) is 0 Å². The summed E-state index contributed by atoms with van der Waals surface area (Å²) >= 11 is 0. The molecular weight excluding hydrogens is 228 g/mol. The predicted molar refractivity (Wildman–Crippen MR) is 69.7 cm³/mol. The van der Waals surface area contributed by atoms with Crippen molar-refractivity contribution in [3.05, 3.63) is 59.9 Å². The van der Waals surface area contributed by atoms with E-state index < -0.39 is 5.97 Å². The maximum atomic E-state index is 11.1. The minimum absolute atomic E-state index is 0.267. The third-order valence-corrected chi connectivity index (χ3v) is 2.70. The molecule has 1 aromatic carbocycles. The molecule has 0 unspecified atom stereocenters. The summed E-state index contributed by atoms with van der Waals surface area (Å²) in [7, 11) is 1.86. The molecule has 0 spiro atoms. The van der Waals surface area contributed by atoms with E-state index in [1.165, 1.54) is 12.3 Å². The second-order valence-electron chi connectivity index (χ2n) is 4.04. The van der Waals surface area contributed by atoms with E-state index in [4.69, 9.17) is 5.11 Å². The lowest BCUT2D eigenvalue weighted by atomic mass is 10.1. The fourth-order valence-electron chi connectivity index (χ4n) is 1.81. The van der Waals surface area contributed by atoms with Crippen LogP contribution in [0.15, 0.2) is 48.8 Å². The monoisotopic (exact) mass is 242 g/mol. The number of rotatable bonds is 4. The summed E-state index contributed by atoms with van der Waals surface area (Å²) in [5, 5.41) is 9.13. The average Bonchev–Trinajstić information content (AvgIpc) is 2.40. The molecule has 0 aliphatic carbocycles. The Kier molecular flexibility index (Phi) is 3.57. The van der Waals surface area contributed by atoms with Gasteiger partial charge in [0, 0.05) is 19.8 Å². The van der Waals surface area contributed by atoms with Crippen LogP contribution in [0.3, 0.4) is 0 Å². The second kappa shape index (κ2) is 5.31. The Balaban J connectivity index is 2.24. The molecule has 0 aliphatic heterocycles. The van der Waals surface area contributed by atoms with Gasteiger partial charge in [0.2, 0.25) is 0 Å². The van der Waals surface area contributed by atoms with Crippen molar-refractivity contribution in [3.8, 4) is 0 Å². The molecule has 2 aromatic rings. The highest BCUT2D eigenvalue weighted by atomic mass is 16.4. The lowest BCUT2D eigenvalue weighted by molar-refractivity contribution is 0.0697. The molecule has 0 atom stereocenters. The minimum Gasteiger partial charge on any atom is -0.478 e. The molecule has 0 bridgehead atoms. The number of aromatic carboxylic acids is 1. The molecule has 2 rings (SSSR count). The standard InChI is InChI=1S/C14H14N2O2/c1-16(10-11-5-3-2-4-6-11)13-9-15-8-7-12(13)14(17)18/h2-9H,10H2,1H3,(H,17,18). The van der Waals surface area contributed by atoms with Crippen LogP contribution in [0.5, 0.6) is 0 Å². The Morgan fingerprint density at radius 3 is 2.67 bits per heavy atom. The summed E-state index contributed by atoms with van der Waals surface area (Å²) in [5.41, 5.74) is 2.01. The van der Waals surface area contributed by atoms with Crippen molar-refractivity contribution in [1.29, 1.82) is 0 Å². The van der Waals surface area contributed by atoms with Crippen LogP contribution >= 0.6 is 0 Å². The highest BCUT2D eigenvalue weighted by Crippen LogP contribution is 2.19. The molecule has 0 amide bonds. The molecule has 0 aliphatic rings. The Morgan fingerprint density at radius 2 is 2.00 bits per heavy atom. The first-order valence-electron chi connectivity index (χ1n) is 5.61. The van der Waals surface area contributed by atoms with E-state index in [0.29, 0.717) is 12.2 Å². The van der Waals surface area contributed by atoms with Gasteiger partial charge in [-0.1, -0.05) is 30.3 Å². The van der Waals surface area contributed by atoms with Crippen molar-refractivity contribution in [2.24, 2.45) is 0 Å². The van der Waals surface area contributed by atoms with Crippen LogP contribution in [0.25, 0.3) is 0 Å². The van der Waals surface area contributed by atoms with Gasteiger partial charge < -0.3 is 10.0 Å². The van der Waals surface area contributed by atoms with Crippen LogP contribution in [-0.4, -0.2) is 23.1 Å². The number of carbonyl (C=O) groups is 1. The van der Waals surface area contributed by atoms with E-state index in [-0.39, 0.29) is 5.56 Å². The van der Waals surface area contributed by atoms with Gasteiger partial charge >= 0.3 is 5.97 Å². The summed E-state index contributed by atoms with van der Waals surface area (Å²) < 4.78 is 0. The number of carboxylic acid groups (broad SMARTS) is 1. The van der Waals surface area contributed by atoms with E-state index >= 15 is 0 Å². The zero-order chi connectivity index (χ0) is 13.0. The predicted octanol–water partition coefficient (Wildman–Crippen LogP) is 2.42. The summed E-state index contributed by atoms with van der Waals surface area (Å²) in [6, 6.07) is 11.4. The number of aromatic nitrogens is 1. The molecule has 1 N–H and O–H groups in total. The largest absolute Gasteiger partial charge is 0.478 e. The summed E-state index contributed by atoms with van der Waals surface area (Å²) in [5.74, 6) is -0.938. The third-order valence-electron chi connectivity index (χ3n) is 2.70. The van der Waals surface area contributed by atoms with Crippen molar-refractivity contribution in [2.75, 3.05) is 11.9 Å². The number of nitrogens with zero attached hydrogens (tertiary/aromatic N) is 2. The molecule has 18 heavy (non-hydrogen) atoms. The number of anilines is 1. The lowest BCUT2D eigenvalue weighted by Gasteiger charge is -2.20. The smallest absolute Gasteiger partial charge is 0.337 e. The van der Waals surface area contributed by atoms with Crippen LogP contribution in [-0.2, 0) is 6.54 Å². The molecule has 1 aromatic heterocycles. The van der Waals surface area contributed by atoms with Crippen molar-refractivity contribution < 1.29 is 9.90 Å². The van der Waals surface area contributed by atoms with E-state index in [1.54, 1.807) is 6.20 Å². The fraction of sp³-hybridized carbons (Fsp3) is 0.143. The van der Waals surface area contributed by atoms with Crippen LogP contribution < -0.4 is 4.90 Å². The molecular formula is C14H14N2O2. The van der Waals surface area contributed by atoms with Crippen molar-refractivity contribution in [2.45, 2.75) is 6.54 Å². The molecule has 0 saturated heterocycles. The second-order valence-corrected chi connectivity index (χ2v) is 4.04. The summed E-state index contributed by atoms with van der Waals surface area (Å²) in [6.45, 7) is 0.646. The van der Waals surface area contributed by atoms with Crippen LogP contribution in [0.2, 0.25) is 0 Å². The van der Waals surface area contributed by atoms with Gasteiger partial charge in [-0.2, -0.15) is 0 Å². The number of pyridine rings is 1. The Hall–Kier alpha value is -2.36. The maximum absolute atomic E-state index is 11.1. The van der Waals surface area contributed by atoms with Crippen LogP contribution in [0.4, 0.5) is 5.69 Å². The topological polar surface area (TPSA) is 53.4 Å². The van der Waals surface area contributed by atoms with E-state index in [9.17, 15) is 4.79 Å². The molecule has 92 valence electrons. The van der Waals surface area contributed by atoms with Gasteiger partial charge in [-0.3, -0.25) is 4.98 Å². The van der Waals surface area contributed by atoms with Gasteiger partial charge in [-0.15, -0.1) is 0 Å². The number of benzene rings is 1. The quantitative estimate of drug-likeness (QED) is 0.894. The van der Waals surface area contributed by atoms with Gasteiger partial charge in [-0.05, 0) is 11.6 Å². The number of hydrogen-bond donors (Lipinski definition) is 1. The molecule has 4 nitrogen and oxygen atoms in total. The van der Waals surface area contributed by atoms with Crippen molar-refractivity contribution in [3.63, 3.8) is 0 Å². The summed E-state index contributed by atoms with van der Waals surface area (Å²) in [6.07, 6.45) is 3.07. The molecule has 0 radical (unpaired) electrons. The molecule has 4 heteroatoms. The highest BCUT2D eigenvalue weighted by Gasteiger charge is 2.13. The Bertz CT molecular complexity index is 541. The van der Waals surface area contributed by atoms with E-state index in [1.807, 2.05) is 42.3 Å². The maximum Gasteiger partial charge on any atom is 0.337 e. The number of hydrogen-bond acceptors (Lipinski definition) is 3. The van der Waals surface area contributed by atoms with Crippen molar-refractivity contribution in [1.82, 2.24) is 4.98 Å². The summed E-state index contributed by atoms with van der Waals surface area (Å²) in [4.78, 5) is 17.0. The third kappa shape index (κ3) is 2.66. The molecule has 1 heterocycles. The van der Waals surface area contributed by atoms with Gasteiger partial charge in [0.1, 0.15) is 0 Å². The first kappa shape index (κ1) is 12.1.